The highest BCUT2D eigenvalue weighted by atomic mass is 19.4. The molecule has 0 aliphatic rings. The van der Waals surface area contributed by atoms with Crippen molar-refractivity contribution in [2.75, 3.05) is 5.32 Å². The zero-order valence-electron chi connectivity index (χ0n) is 14.4. The second-order valence-electron chi connectivity index (χ2n) is 6.20. The zero-order chi connectivity index (χ0) is 19.7. The third-order valence-electron chi connectivity index (χ3n) is 4.25. The zero-order valence-corrected chi connectivity index (χ0v) is 14.4. The highest BCUT2D eigenvalue weighted by Gasteiger charge is 2.30. The Hall–Kier alpha value is -3.61. The van der Waals surface area contributed by atoms with Crippen LogP contribution in [0.1, 0.15) is 15.9 Å². The van der Waals surface area contributed by atoms with E-state index in [-0.39, 0.29) is 5.56 Å². The number of carbonyl (C=O) groups excluding carboxylic acids is 1. The second kappa shape index (κ2) is 6.84. The van der Waals surface area contributed by atoms with Gasteiger partial charge in [-0.2, -0.15) is 13.2 Å². The fourth-order valence-electron chi connectivity index (χ4n) is 2.84. The molecule has 0 aliphatic heterocycles. The lowest BCUT2D eigenvalue weighted by Gasteiger charge is -2.09. The van der Waals surface area contributed by atoms with Crippen LogP contribution in [-0.2, 0) is 6.18 Å². The Morgan fingerprint density at radius 1 is 0.964 bits per heavy atom. The number of hydrogen-bond acceptors (Lipinski definition) is 2. The minimum Gasteiger partial charge on any atom is -0.322 e. The number of halogens is 3. The van der Waals surface area contributed by atoms with Gasteiger partial charge >= 0.3 is 6.18 Å². The summed E-state index contributed by atoms with van der Waals surface area (Å²) < 4.78 is 40.3. The number of aromatic nitrogens is 2. The molecular weight excluding hydrogens is 367 g/mol. The first-order valence-electron chi connectivity index (χ1n) is 8.43. The first-order chi connectivity index (χ1) is 13.4. The number of carbonyl (C=O) groups is 1. The standard InChI is InChI=1S/C21H14F3N3O/c22-21(23,24)16-5-3-4-15(12-16)20(28)25-17-9-7-14(8-10-17)18-13-27-11-2-1-6-19(27)26-18/h1-13H,(H,25,28). The van der Waals surface area contributed by atoms with E-state index in [1.54, 1.807) is 24.3 Å². The van der Waals surface area contributed by atoms with E-state index in [0.717, 1.165) is 29.0 Å². The molecule has 1 N–H and O–H groups in total. The molecule has 0 aliphatic carbocycles. The van der Waals surface area contributed by atoms with Gasteiger partial charge in [-0.3, -0.25) is 4.79 Å². The van der Waals surface area contributed by atoms with E-state index in [4.69, 9.17) is 0 Å². The first kappa shape index (κ1) is 17.8. The molecule has 7 heteroatoms. The summed E-state index contributed by atoms with van der Waals surface area (Å²) in [5, 5.41) is 2.61. The highest BCUT2D eigenvalue weighted by Crippen LogP contribution is 2.29. The molecule has 4 nitrogen and oxygen atoms in total. The van der Waals surface area contributed by atoms with E-state index in [2.05, 4.69) is 10.3 Å². The van der Waals surface area contributed by atoms with E-state index in [1.807, 2.05) is 35.0 Å². The van der Waals surface area contributed by atoms with E-state index >= 15 is 0 Å². The van der Waals surface area contributed by atoms with Crippen molar-refractivity contribution in [2.45, 2.75) is 6.18 Å². The number of amides is 1. The Kier molecular flexibility index (Phi) is 4.35. The number of nitrogens with one attached hydrogen (secondary N) is 1. The Morgan fingerprint density at radius 2 is 1.75 bits per heavy atom. The van der Waals surface area contributed by atoms with Gasteiger partial charge in [0.05, 0.1) is 11.3 Å². The lowest BCUT2D eigenvalue weighted by molar-refractivity contribution is -0.137. The summed E-state index contributed by atoms with van der Waals surface area (Å²) in [5.41, 5.74) is 2.03. The minimum atomic E-state index is -4.49. The Morgan fingerprint density at radius 3 is 2.46 bits per heavy atom. The summed E-state index contributed by atoms with van der Waals surface area (Å²) >= 11 is 0. The fourth-order valence-corrected chi connectivity index (χ4v) is 2.84. The third-order valence-corrected chi connectivity index (χ3v) is 4.25. The van der Waals surface area contributed by atoms with E-state index in [9.17, 15) is 18.0 Å². The first-order valence-corrected chi connectivity index (χ1v) is 8.43. The maximum Gasteiger partial charge on any atom is 0.416 e. The van der Waals surface area contributed by atoms with Crippen LogP contribution in [0.5, 0.6) is 0 Å². The number of rotatable bonds is 3. The largest absolute Gasteiger partial charge is 0.416 e. The number of pyridine rings is 1. The van der Waals surface area contributed by atoms with Crippen molar-refractivity contribution in [3.05, 3.63) is 90.3 Å². The van der Waals surface area contributed by atoms with Crippen molar-refractivity contribution in [3.8, 4) is 11.3 Å². The summed E-state index contributed by atoms with van der Waals surface area (Å²) in [6, 6.07) is 17.0. The number of fused-ring (bicyclic) bond motifs is 1. The lowest BCUT2D eigenvalue weighted by atomic mass is 10.1. The number of hydrogen-bond donors (Lipinski definition) is 1. The molecule has 2 aromatic heterocycles. The van der Waals surface area contributed by atoms with Gasteiger partial charge in [0.1, 0.15) is 5.65 Å². The van der Waals surface area contributed by atoms with Gasteiger partial charge < -0.3 is 9.72 Å². The minimum absolute atomic E-state index is 0.0562. The summed E-state index contributed by atoms with van der Waals surface area (Å²) in [4.78, 5) is 16.8. The number of imidazole rings is 1. The van der Waals surface area contributed by atoms with Crippen molar-refractivity contribution < 1.29 is 18.0 Å². The van der Waals surface area contributed by atoms with Gasteiger partial charge in [-0.25, -0.2) is 4.98 Å². The molecule has 1 amide bonds. The SMILES string of the molecule is O=C(Nc1ccc(-c2cn3ccccc3n2)cc1)c1cccc(C(F)(F)F)c1. The topological polar surface area (TPSA) is 46.4 Å². The van der Waals surface area contributed by atoms with Gasteiger partial charge in [0.15, 0.2) is 0 Å². The number of benzene rings is 2. The molecule has 28 heavy (non-hydrogen) atoms. The van der Waals surface area contributed by atoms with Crippen LogP contribution in [0.25, 0.3) is 16.9 Å². The van der Waals surface area contributed by atoms with Crippen LogP contribution in [0, 0.1) is 0 Å². The van der Waals surface area contributed by atoms with E-state index < -0.39 is 17.6 Å². The molecule has 0 bridgehead atoms. The highest BCUT2D eigenvalue weighted by molar-refractivity contribution is 6.04. The Bertz CT molecular complexity index is 1110. The average molecular weight is 381 g/mol. The fraction of sp³-hybridized carbons (Fsp3) is 0.0476. The van der Waals surface area contributed by atoms with Gasteiger partial charge in [-0.15, -0.1) is 0 Å². The van der Waals surface area contributed by atoms with Crippen molar-refractivity contribution >= 4 is 17.2 Å². The Balaban J connectivity index is 1.52. The summed E-state index contributed by atoms with van der Waals surface area (Å²) in [6.07, 6.45) is -0.701. The third kappa shape index (κ3) is 3.59. The van der Waals surface area contributed by atoms with Crippen molar-refractivity contribution in [3.63, 3.8) is 0 Å². The summed E-state index contributed by atoms with van der Waals surface area (Å²) in [6.45, 7) is 0. The van der Waals surface area contributed by atoms with Crippen LogP contribution in [0.3, 0.4) is 0 Å². The van der Waals surface area contributed by atoms with Crippen LogP contribution in [0.2, 0.25) is 0 Å². The van der Waals surface area contributed by atoms with Gasteiger partial charge in [-0.1, -0.05) is 24.3 Å². The monoisotopic (exact) mass is 381 g/mol. The van der Waals surface area contributed by atoms with Crippen LogP contribution in [-0.4, -0.2) is 15.3 Å². The molecule has 0 fully saturated rings. The average Bonchev–Trinajstić information content (AvgIpc) is 3.12. The van der Waals surface area contributed by atoms with E-state index in [0.29, 0.717) is 5.69 Å². The predicted octanol–water partition coefficient (Wildman–Crippen LogP) is 5.27. The smallest absolute Gasteiger partial charge is 0.322 e. The number of anilines is 1. The molecule has 0 radical (unpaired) electrons. The Labute approximate surface area is 158 Å². The van der Waals surface area contributed by atoms with Gasteiger partial charge in [0.25, 0.3) is 5.91 Å². The molecule has 0 atom stereocenters. The maximum absolute atomic E-state index is 12.8. The quantitative estimate of drug-likeness (QED) is 0.525. The molecule has 2 aromatic carbocycles. The van der Waals surface area contributed by atoms with Crippen LogP contribution in [0.15, 0.2) is 79.1 Å². The molecule has 140 valence electrons. The molecule has 2 heterocycles. The summed E-state index contributed by atoms with van der Waals surface area (Å²) in [7, 11) is 0. The van der Waals surface area contributed by atoms with Crippen LogP contribution >= 0.6 is 0 Å². The van der Waals surface area contributed by atoms with Crippen LogP contribution < -0.4 is 5.32 Å². The van der Waals surface area contributed by atoms with Crippen molar-refractivity contribution in [2.24, 2.45) is 0 Å². The molecule has 0 saturated heterocycles. The molecular formula is C21H14F3N3O. The molecule has 0 unspecified atom stereocenters. The van der Waals surface area contributed by atoms with Crippen LogP contribution in [0.4, 0.5) is 18.9 Å². The van der Waals surface area contributed by atoms with E-state index in [1.165, 1.54) is 12.1 Å². The summed E-state index contributed by atoms with van der Waals surface area (Å²) in [5.74, 6) is -0.605. The van der Waals surface area contributed by atoms with Crippen molar-refractivity contribution in [1.82, 2.24) is 9.38 Å². The number of alkyl halides is 3. The molecule has 4 aromatic rings. The van der Waals surface area contributed by atoms with Gasteiger partial charge in [0, 0.05) is 29.2 Å². The predicted molar refractivity (Wildman–Crippen MR) is 100 cm³/mol. The second-order valence-corrected chi connectivity index (χ2v) is 6.20. The molecule has 4 rings (SSSR count). The lowest BCUT2D eigenvalue weighted by Crippen LogP contribution is -2.13. The normalized spacial score (nSPS) is 11.5. The molecule has 0 saturated carbocycles. The molecule has 0 spiro atoms. The van der Waals surface area contributed by atoms with Crippen molar-refractivity contribution in [1.29, 1.82) is 0 Å². The van der Waals surface area contributed by atoms with Gasteiger partial charge in [0.2, 0.25) is 0 Å². The number of nitrogens with zero attached hydrogens (tertiary/aromatic N) is 2. The van der Waals surface area contributed by atoms with Gasteiger partial charge in [-0.05, 0) is 42.5 Å². The maximum atomic E-state index is 12.8.